The van der Waals surface area contributed by atoms with Gasteiger partial charge in [-0.2, -0.15) is 0 Å². The van der Waals surface area contributed by atoms with Gasteiger partial charge in [0.2, 0.25) is 11.7 Å². The number of hydrogen-bond acceptors (Lipinski definition) is 7. The Hall–Kier alpha value is -4.53. The van der Waals surface area contributed by atoms with Gasteiger partial charge in [-0.05, 0) is 42.8 Å². The molecule has 0 fully saturated rings. The number of anilines is 1. The second-order valence-electron chi connectivity index (χ2n) is 7.62. The SMILES string of the molecule is Cc1ccc2oc3c(c(=O)c2c1)C(c1ccc(OCC(N)=O)cc1)N(c1ncccn1)C3=O. The van der Waals surface area contributed by atoms with Crippen LogP contribution >= 0.6 is 0 Å². The molecular formula is C24H18N4O5. The van der Waals surface area contributed by atoms with Crippen LogP contribution in [-0.4, -0.2) is 28.4 Å². The number of carbonyl (C=O) groups is 2. The number of amides is 2. The van der Waals surface area contributed by atoms with Crippen molar-refractivity contribution >= 4 is 28.7 Å². The first-order valence-corrected chi connectivity index (χ1v) is 10.1. The highest BCUT2D eigenvalue weighted by molar-refractivity contribution is 6.09. The normalized spacial score (nSPS) is 15.0. The van der Waals surface area contributed by atoms with Crippen LogP contribution in [-0.2, 0) is 4.79 Å². The third-order valence-electron chi connectivity index (χ3n) is 5.37. The fraction of sp³-hybridized carbons (Fsp3) is 0.125. The number of nitrogens with two attached hydrogens (primary N) is 1. The maximum Gasteiger partial charge on any atom is 0.297 e. The van der Waals surface area contributed by atoms with E-state index in [1.54, 1.807) is 42.5 Å². The molecule has 9 nitrogen and oxygen atoms in total. The first-order valence-electron chi connectivity index (χ1n) is 10.1. The number of fused-ring (bicyclic) bond motifs is 2. The molecule has 1 aliphatic rings. The average Bonchev–Trinajstić information content (AvgIpc) is 3.11. The molecule has 9 heteroatoms. The monoisotopic (exact) mass is 442 g/mol. The molecular weight excluding hydrogens is 424 g/mol. The largest absolute Gasteiger partial charge is 0.484 e. The molecule has 33 heavy (non-hydrogen) atoms. The first kappa shape index (κ1) is 20.4. The molecule has 5 rings (SSSR count). The van der Waals surface area contributed by atoms with Gasteiger partial charge in [0.15, 0.2) is 12.0 Å². The van der Waals surface area contributed by atoms with Gasteiger partial charge in [-0.1, -0.05) is 23.8 Å². The molecule has 0 bridgehead atoms. The lowest BCUT2D eigenvalue weighted by Crippen LogP contribution is -2.31. The zero-order valence-electron chi connectivity index (χ0n) is 17.5. The third kappa shape index (κ3) is 3.49. The number of aryl methyl sites for hydroxylation is 1. The zero-order chi connectivity index (χ0) is 23.1. The molecule has 1 aliphatic heterocycles. The highest BCUT2D eigenvalue weighted by atomic mass is 16.5. The summed E-state index contributed by atoms with van der Waals surface area (Å²) in [4.78, 5) is 47.8. The Balaban J connectivity index is 1.69. The molecule has 2 N–H and O–H groups in total. The Morgan fingerprint density at radius 1 is 1.12 bits per heavy atom. The summed E-state index contributed by atoms with van der Waals surface area (Å²) >= 11 is 0. The molecule has 0 aliphatic carbocycles. The van der Waals surface area contributed by atoms with E-state index in [1.165, 1.54) is 17.3 Å². The number of rotatable bonds is 5. The number of hydrogen-bond donors (Lipinski definition) is 1. The molecule has 0 radical (unpaired) electrons. The van der Waals surface area contributed by atoms with Gasteiger partial charge >= 0.3 is 0 Å². The molecule has 2 aromatic heterocycles. The van der Waals surface area contributed by atoms with Crippen molar-refractivity contribution in [3.8, 4) is 5.75 Å². The van der Waals surface area contributed by atoms with Crippen LogP contribution in [0, 0.1) is 6.92 Å². The summed E-state index contributed by atoms with van der Waals surface area (Å²) in [5.74, 6) is -0.572. The molecule has 4 aromatic rings. The number of ether oxygens (including phenoxy) is 1. The van der Waals surface area contributed by atoms with Crippen molar-refractivity contribution in [2.45, 2.75) is 13.0 Å². The van der Waals surface area contributed by atoms with Crippen LogP contribution in [0.15, 0.2) is 70.1 Å². The van der Waals surface area contributed by atoms with Crippen LogP contribution < -0.4 is 20.8 Å². The highest BCUT2D eigenvalue weighted by Gasteiger charge is 2.44. The second kappa shape index (κ2) is 7.86. The van der Waals surface area contributed by atoms with Gasteiger partial charge in [-0.15, -0.1) is 0 Å². The van der Waals surface area contributed by atoms with Crippen molar-refractivity contribution in [2.75, 3.05) is 11.5 Å². The number of primary amides is 1. The van der Waals surface area contributed by atoms with Gasteiger partial charge < -0.3 is 14.9 Å². The van der Waals surface area contributed by atoms with Crippen molar-refractivity contribution in [1.82, 2.24) is 9.97 Å². The predicted molar refractivity (Wildman–Crippen MR) is 119 cm³/mol. The minimum absolute atomic E-state index is 0.0390. The topological polar surface area (TPSA) is 129 Å². The van der Waals surface area contributed by atoms with Crippen LogP contribution in [0.5, 0.6) is 5.75 Å². The number of carbonyl (C=O) groups excluding carboxylic acids is 2. The Morgan fingerprint density at radius 3 is 2.55 bits per heavy atom. The minimum atomic E-state index is -0.804. The average molecular weight is 442 g/mol. The van der Waals surface area contributed by atoms with Crippen molar-refractivity contribution in [2.24, 2.45) is 5.73 Å². The first-order chi connectivity index (χ1) is 15.9. The smallest absolute Gasteiger partial charge is 0.297 e. The van der Waals surface area contributed by atoms with Crippen molar-refractivity contribution in [3.63, 3.8) is 0 Å². The van der Waals surface area contributed by atoms with Crippen molar-refractivity contribution < 1.29 is 18.7 Å². The molecule has 3 heterocycles. The van der Waals surface area contributed by atoms with Crippen LogP contribution in [0.3, 0.4) is 0 Å². The fourth-order valence-electron chi connectivity index (χ4n) is 3.92. The molecule has 2 aromatic carbocycles. The van der Waals surface area contributed by atoms with E-state index in [0.717, 1.165) is 5.56 Å². The summed E-state index contributed by atoms with van der Waals surface area (Å²) in [6, 6.07) is 12.8. The zero-order valence-corrected chi connectivity index (χ0v) is 17.5. The van der Waals surface area contributed by atoms with Gasteiger partial charge in [0.25, 0.3) is 11.8 Å². The van der Waals surface area contributed by atoms with Gasteiger partial charge in [0.1, 0.15) is 11.3 Å². The maximum atomic E-state index is 13.6. The summed E-state index contributed by atoms with van der Waals surface area (Å²) in [7, 11) is 0. The van der Waals surface area contributed by atoms with E-state index in [1.807, 2.05) is 13.0 Å². The number of nitrogens with zero attached hydrogens (tertiary/aromatic N) is 3. The van der Waals surface area contributed by atoms with E-state index < -0.39 is 17.9 Å². The lowest BCUT2D eigenvalue weighted by atomic mass is 9.98. The summed E-state index contributed by atoms with van der Waals surface area (Å²) in [6.45, 7) is 1.62. The molecule has 164 valence electrons. The molecule has 0 spiro atoms. The van der Waals surface area contributed by atoms with Crippen LogP contribution in [0.2, 0.25) is 0 Å². The molecule has 0 saturated carbocycles. The van der Waals surface area contributed by atoms with E-state index in [9.17, 15) is 14.4 Å². The third-order valence-corrected chi connectivity index (χ3v) is 5.37. The fourth-order valence-corrected chi connectivity index (χ4v) is 3.92. The molecule has 1 unspecified atom stereocenters. The maximum absolute atomic E-state index is 13.6. The van der Waals surface area contributed by atoms with Gasteiger partial charge in [-0.25, -0.2) is 9.97 Å². The summed E-state index contributed by atoms with van der Waals surface area (Å²) in [5.41, 5.74) is 6.91. The van der Waals surface area contributed by atoms with Crippen LogP contribution in [0.25, 0.3) is 11.0 Å². The van der Waals surface area contributed by atoms with Crippen molar-refractivity contribution in [1.29, 1.82) is 0 Å². The Labute approximate surface area is 187 Å². The molecule has 0 saturated heterocycles. The van der Waals surface area contributed by atoms with E-state index in [2.05, 4.69) is 9.97 Å². The predicted octanol–water partition coefficient (Wildman–Crippen LogP) is 2.51. The number of benzene rings is 2. The summed E-state index contributed by atoms with van der Waals surface area (Å²) < 4.78 is 11.2. The van der Waals surface area contributed by atoms with E-state index >= 15 is 0 Å². The minimum Gasteiger partial charge on any atom is -0.484 e. The standard InChI is InChI=1S/C24H18N4O5/c1-13-3-8-17-16(11-13)21(30)19-20(14-4-6-15(7-5-14)32-12-18(25)29)28(23(31)22(19)33-17)24-26-9-2-10-27-24/h2-11,20H,12H2,1H3,(H2,25,29). The van der Waals surface area contributed by atoms with Gasteiger partial charge in [0.05, 0.1) is 17.0 Å². The lowest BCUT2D eigenvalue weighted by molar-refractivity contribution is -0.119. The van der Waals surface area contributed by atoms with Crippen LogP contribution in [0.1, 0.15) is 33.3 Å². The Morgan fingerprint density at radius 2 is 1.85 bits per heavy atom. The summed E-state index contributed by atoms with van der Waals surface area (Å²) in [5, 5.41) is 0.392. The Bertz CT molecular complexity index is 1450. The molecule has 1 atom stereocenters. The second-order valence-corrected chi connectivity index (χ2v) is 7.62. The summed E-state index contributed by atoms with van der Waals surface area (Å²) in [6.07, 6.45) is 3.04. The van der Waals surface area contributed by atoms with E-state index in [0.29, 0.717) is 22.3 Å². The quantitative estimate of drug-likeness (QED) is 0.503. The van der Waals surface area contributed by atoms with Gasteiger partial charge in [0, 0.05) is 12.4 Å². The van der Waals surface area contributed by atoms with Crippen molar-refractivity contribution in [3.05, 3.63) is 93.6 Å². The van der Waals surface area contributed by atoms with Gasteiger partial charge in [-0.3, -0.25) is 19.3 Å². The molecule has 2 amide bonds. The number of aromatic nitrogens is 2. The van der Waals surface area contributed by atoms with E-state index in [4.69, 9.17) is 14.9 Å². The lowest BCUT2D eigenvalue weighted by Gasteiger charge is -2.23. The van der Waals surface area contributed by atoms with Crippen LogP contribution in [0.4, 0.5) is 5.95 Å². The highest BCUT2D eigenvalue weighted by Crippen LogP contribution is 2.40. The Kier molecular flexibility index (Phi) is 4.86. The van der Waals surface area contributed by atoms with E-state index in [-0.39, 0.29) is 29.3 Å².